The number of sulfonamides is 2. The highest BCUT2D eigenvalue weighted by molar-refractivity contribution is 8.06. The molecule has 0 radical (unpaired) electrons. The number of nitrogens with two attached hydrogens (primary N) is 2. The van der Waals surface area contributed by atoms with Crippen LogP contribution in [0.1, 0.15) is 10.1 Å². The van der Waals surface area contributed by atoms with E-state index in [9.17, 15) is 16.8 Å². The van der Waals surface area contributed by atoms with Crippen LogP contribution in [0, 0.1) is 0 Å². The summed E-state index contributed by atoms with van der Waals surface area (Å²) in [6.45, 7) is 0. The van der Waals surface area contributed by atoms with E-state index in [2.05, 4.69) is 0 Å². The molecule has 0 fully saturated rings. The second-order valence-electron chi connectivity index (χ2n) is 2.92. The van der Waals surface area contributed by atoms with Crippen LogP contribution in [0.15, 0.2) is 30.3 Å². The first-order valence-corrected chi connectivity index (χ1v) is 7.03. The van der Waals surface area contributed by atoms with Crippen molar-refractivity contribution in [2.45, 2.75) is 4.58 Å². The zero-order valence-electron chi connectivity index (χ0n) is 7.57. The number of benzene rings is 1. The number of rotatable bonds is 3. The second kappa shape index (κ2) is 3.89. The van der Waals surface area contributed by atoms with Gasteiger partial charge in [0, 0.05) is 0 Å². The Hall–Kier alpha value is -0.960. The summed E-state index contributed by atoms with van der Waals surface area (Å²) in [4.78, 5) is 0. The van der Waals surface area contributed by atoms with Crippen molar-refractivity contribution in [3.8, 4) is 0 Å². The molecule has 1 aromatic carbocycles. The Morgan fingerprint density at radius 1 is 0.867 bits per heavy atom. The molecule has 0 aromatic heterocycles. The molecule has 0 bridgehead atoms. The monoisotopic (exact) mass is 250 g/mol. The highest BCUT2D eigenvalue weighted by atomic mass is 32.3. The molecule has 0 spiro atoms. The third kappa shape index (κ3) is 2.99. The van der Waals surface area contributed by atoms with Gasteiger partial charge >= 0.3 is 0 Å². The zero-order chi connectivity index (χ0) is 11.7. The fourth-order valence-corrected chi connectivity index (χ4v) is 3.75. The molecule has 1 aromatic rings. The van der Waals surface area contributed by atoms with Gasteiger partial charge in [0.05, 0.1) is 0 Å². The summed E-state index contributed by atoms with van der Waals surface area (Å²) >= 11 is 0. The van der Waals surface area contributed by atoms with Crippen molar-refractivity contribution in [1.29, 1.82) is 0 Å². The highest BCUT2D eigenvalue weighted by Crippen LogP contribution is 2.23. The minimum Gasteiger partial charge on any atom is -0.227 e. The van der Waals surface area contributed by atoms with E-state index in [-0.39, 0.29) is 5.56 Å². The highest BCUT2D eigenvalue weighted by Gasteiger charge is 2.34. The molecule has 84 valence electrons. The summed E-state index contributed by atoms with van der Waals surface area (Å²) in [5.74, 6) is 0. The Kier molecular flexibility index (Phi) is 3.14. The Morgan fingerprint density at radius 3 is 1.60 bits per heavy atom. The van der Waals surface area contributed by atoms with Gasteiger partial charge < -0.3 is 0 Å². The van der Waals surface area contributed by atoms with Crippen LogP contribution in [-0.4, -0.2) is 16.8 Å². The van der Waals surface area contributed by atoms with Crippen LogP contribution in [-0.2, 0) is 20.0 Å². The summed E-state index contributed by atoms with van der Waals surface area (Å²) in [6.07, 6.45) is 0. The van der Waals surface area contributed by atoms with Gasteiger partial charge in [-0.05, 0) is 5.56 Å². The SMILES string of the molecule is NS(=O)(=O)C(c1ccccc1)S(N)(=O)=O. The molecule has 1 rings (SSSR count). The van der Waals surface area contributed by atoms with Crippen molar-refractivity contribution in [3.63, 3.8) is 0 Å². The van der Waals surface area contributed by atoms with Crippen molar-refractivity contribution < 1.29 is 16.8 Å². The van der Waals surface area contributed by atoms with Gasteiger partial charge in [-0.1, -0.05) is 30.3 Å². The number of primary sulfonamides is 2. The minimum atomic E-state index is -4.29. The van der Waals surface area contributed by atoms with Crippen LogP contribution in [0.4, 0.5) is 0 Å². The van der Waals surface area contributed by atoms with Gasteiger partial charge in [-0.25, -0.2) is 27.1 Å². The van der Waals surface area contributed by atoms with Gasteiger partial charge in [0.15, 0.2) is 0 Å². The van der Waals surface area contributed by atoms with Crippen LogP contribution in [0.5, 0.6) is 0 Å². The maximum Gasteiger partial charge on any atom is 0.232 e. The lowest BCUT2D eigenvalue weighted by atomic mass is 10.2. The molecular formula is C7H10N2O4S2. The van der Waals surface area contributed by atoms with E-state index in [1.807, 2.05) is 0 Å². The molecule has 0 atom stereocenters. The Balaban J connectivity index is 3.41. The first kappa shape index (κ1) is 12.1. The van der Waals surface area contributed by atoms with E-state index in [0.717, 1.165) is 0 Å². The van der Waals surface area contributed by atoms with Gasteiger partial charge in [-0.15, -0.1) is 0 Å². The van der Waals surface area contributed by atoms with E-state index in [1.165, 1.54) is 24.3 Å². The van der Waals surface area contributed by atoms with Gasteiger partial charge in [-0.3, -0.25) is 0 Å². The normalized spacial score (nSPS) is 13.0. The molecule has 0 saturated carbocycles. The molecule has 0 amide bonds. The van der Waals surface area contributed by atoms with E-state index in [0.29, 0.717) is 0 Å². The summed E-state index contributed by atoms with van der Waals surface area (Å²) in [6, 6.07) is 7.28. The summed E-state index contributed by atoms with van der Waals surface area (Å²) in [5, 5.41) is 9.62. The average molecular weight is 250 g/mol. The molecule has 0 saturated heterocycles. The number of hydrogen-bond acceptors (Lipinski definition) is 4. The first-order valence-electron chi connectivity index (χ1n) is 3.81. The van der Waals surface area contributed by atoms with Crippen LogP contribution >= 0.6 is 0 Å². The molecule has 8 heteroatoms. The van der Waals surface area contributed by atoms with E-state index in [4.69, 9.17) is 10.3 Å². The fourth-order valence-electron chi connectivity index (χ4n) is 1.18. The molecule has 4 N–H and O–H groups in total. The maximum absolute atomic E-state index is 11.1. The topological polar surface area (TPSA) is 120 Å². The summed E-state index contributed by atoms with van der Waals surface area (Å²) in [5.41, 5.74) is 0.0301. The van der Waals surface area contributed by atoms with Gasteiger partial charge in [0.2, 0.25) is 24.6 Å². The largest absolute Gasteiger partial charge is 0.232 e. The van der Waals surface area contributed by atoms with Crippen LogP contribution in [0.3, 0.4) is 0 Å². The molecule has 0 heterocycles. The Morgan fingerprint density at radius 2 is 1.27 bits per heavy atom. The van der Waals surface area contributed by atoms with E-state index >= 15 is 0 Å². The van der Waals surface area contributed by atoms with E-state index < -0.39 is 24.6 Å². The van der Waals surface area contributed by atoms with Crippen molar-refractivity contribution in [3.05, 3.63) is 35.9 Å². The molecule has 0 aliphatic rings. The zero-order valence-corrected chi connectivity index (χ0v) is 9.20. The third-order valence-corrected chi connectivity index (χ3v) is 5.02. The average Bonchev–Trinajstić information content (AvgIpc) is 2.00. The smallest absolute Gasteiger partial charge is 0.227 e. The van der Waals surface area contributed by atoms with Gasteiger partial charge in [0.25, 0.3) is 0 Å². The predicted octanol–water partition coefficient (Wildman–Crippen LogP) is -0.738. The van der Waals surface area contributed by atoms with Crippen molar-refractivity contribution in [2.75, 3.05) is 0 Å². The number of hydrogen-bond donors (Lipinski definition) is 2. The van der Waals surface area contributed by atoms with Crippen molar-refractivity contribution in [1.82, 2.24) is 0 Å². The third-order valence-electron chi connectivity index (χ3n) is 1.67. The summed E-state index contributed by atoms with van der Waals surface area (Å²) < 4.78 is 42.5. The quantitative estimate of drug-likeness (QED) is 0.734. The van der Waals surface area contributed by atoms with Crippen molar-refractivity contribution >= 4 is 20.0 Å². The Labute approximate surface area is 88.0 Å². The van der Waals surface area contributed by atoms with Gasteiger partial charge in [0.1, 0.15) is 0 Å². The second-order valence-corrected chi connectivity index (χ2v) is 6.52. The maximum atomic E-state index is 11.1. The van der Waals surface area contributed by atoms with Crippen LogP contribution in [0.25, 0.3) is 0 Å². The van der Waals surface area contributed by atoms with Gasteiger partial charge in [-0.2, -0.15) is 0 Å². The molecule has 6 nitrogen and oxygen atoms in total. The lowest BCUT2D eigenvalue weighted by Gasteiger charge is -2.12. The van der Waals surface area contributed by atoms with Crippen molar-refractivity contribution in [2.24, 2.45) is 10.3 Å². The summed E-state index contributed by atoms with van der Waals surface area (Å²) in [7, 11) is -8.58. The van der Waals surface area contributed by atoms with Crippen LogP contribution in [0.2, 0.25) is 0 Å². The molecule has 0 aliphatic carbocycles. The molecule has 0 aliphatic heterocycles. The molecule has 15 heavy (non-hydrogen) atoms. The lowest BCUT2D eigenvalue weighted by Crippen LogP contribution is -2.32. The van der Waals surface area contributed by atoms with E-state index in [1.54, 1.807) is 6.07 Å². The van der Waals surface area contributed by atoms with Crippen LogP contribution < -0.4 is 10.3 Å². The predicted molar refractivity (Wildman–Crippen MR) is 55.4 cm³/mol. The molecule has 0 unspecified atom stereocenters. The molecular weight excluding hydrogens is 240 g/mol. The minimum absolute atomic E-state index is 0.0301. The standard InChI is InChI=1S/C7H10N2O4S2/c8-14(10,11)7(15(9,12)13)6-4-2-1-3-5-6/h1-5,7H,(H2,8,10,11)(H2,9,12,13). The first-order chi connectivity index (χ1) is 6.73. The Bertz CT molecular complexity index is 504. The fraction of sp³-hybridized carbons (Fsp3) is 0.143. The lowest BCUT2D eigenvalue weighted by molar-refractivity contribution is 0.578.